The molecular weight excluding hydrogens is 262 g/mol. The number of para-hydroxylation sites is 1. The van der Waals surface area contributed by atoms with Crippen LogP contribution in [0.2, 0.25) is 0 Å². The number of benzene rings is 1. The molecule has 0 unspecified atom stereocenters. The van der Waals surface area contributed by atoms with Gasteiger partial charge in [0.25, 0.3) is 0 Å². The summed E-state index contributed by atoms with van der Waals surface area (Å²) in [5, 5.41) is 6.15. The third kappa shape index (κ3) is 3.81. The highest BCUT2D eigenvalue weighted by Crippen LogP contribution is 2.25. The lowest BCUT2D eigenvalue weighted by molar-refractivity contribution is -0.115. The number of carbonyl (C=O) groups is 1. The largest absolute Gasteiger partial charge is 0.354 e. The maximum atomic E-state index is 11.3. The first-order valence-corrected chi connectivity index (χ1v) is 7.25. The molecule has 110 valence electrons. The minimum absolute atomic E-state index is 0.0321. The fraction of sp³-hybridized carbons (Fsp3) is 0.294. The number of aryl methyl sites for hydroxylation is 2. The number of hydrogen-bond acceptors (Lipinski definition) is 3. The minimum atomic E-state index is -0.0321. The van der Waals surface area contributed by atoms with E-state index in [9.17, 15) is 4.79 Å². The molecule has 21 heavy (non-hydrogen) atoms. The van der Waals surface area contributed by atoms with Gasteiger partial charge in [0.15, 0.2) is 0 Å². The number of rotatable bonds is 5. The van der Waals surface area contributed by atoms with Gasteiger partial charge in [-0.25, -0.2) is 4.98 Å². The first-order chi connectivity index (χ1) is 10.1. The van der Waals surface area contributed by atoms with Crippen LogP contribution in [0.25, 0.3) is 0 Å². The van der Waals surface area contributed by atoms with Gasteiger partial charge in [-0.3, -0.25) is 4.79 Å². The lowest BCUT2D eigenvalue weighted by Gasteiger charge is -2.14. The van der Waals surface area contributed by atoms with Gasteiger partial charge in [0.05, 0.1) is 11.9 Å². The zero-order valence-corrected chi connectivity index (χ0v) is 12.7. The Morgan fingerprint density at radius 3 is 2.62 bits per heavy atom. The van der Waals surface area contributed by atoms with Crippen molar-refractivity contribution in [2.75, 3.05) is 10.6 Å². The van der Waals surface area contributed by atoms with E-state index in [1.807, 2.05) is 13.0 Å². The Balaban J connectivity index is 2.16. The molecule has 0 aliphatic heterocycles. The van der Waals surface area contributed by atoms with Crippen LogP contribution in [0.5, 0.6) is 0 Å². The van der Waals surface area contributed by atoms with E-state index in [2.05, 4.69) is 47.7 Å². The molecule has 1 aromatic heterocycles. The highest BCUT2D eigenvalue weighted by molar-refractivity contribution is 5.89. The normalized spacial score (nSPS) is 10.2. The Bertz CT molecular complexity index is 620. The minimum Gasteiger partial charge on any atom is -0.354 e. The molecule has 0 spiro atoms. The molecule has 4 heteroatoms. The van der Waals surface area contributed by atoms with E-state index in [1.165, 1.54) is 11.1 Å². The molecule has 1 heterocycles. The van der Waals surface area contributed by atoms with Gasteiger partial charge in [0, 0.05) is 12.1 Å². The molecule has 2 aromatic rings. The second-order valence-corrected chi connectivity index (χ2v) is 4.92. The van der Waals surface area contributed by atoms with Crippen LogP contribution < -0.4 is 10.6 Å². The zero-order valence-electron chi connectivity index (χ0n) is 12.7. The summed E-state index contributed by atoms with van der Waals surface area (Å²) in [6, 6.07) is 10.0. The van der Waals surface area contributed by atoms with Crippen LogP contribution in [0, 0.1) is 6.92 Å². The number of anilines is 3. The number of pyridine rings is 1. The SMILES string of the molecule is CCC(=O)Nc1ccc(Nc2c(C)cccc2CC)cn1. The second kappa shape index (κ2) is 6.88. The Kier molecular flexibility index (Phi) is 4.93. The standard InChI is InChI=1S/C17H21N3O/c1-4-13-8-6-7-12(3)17(13)19-14-9-10-15(18-11-14)20-16(21)5-2/h6-11,19H,4-5H2,1-3H3,(H,18,20,21). The molecule has 0 saturated carbocycles. The fourth-order valence-electron chi connectivity index (χ4n) is 2.12. The Labute approximate surface area is 125 Å². The van der Waals surface area contributed by atoms with Gasteiger partial charge in [0.1, 0.15) is 5.82 Å². The molecule has 0 aliphatic carbocycles. The summed E-state index contributed by atoms with van der Waals surface area (Å²) < 4.78 is 0. The molecule has 0 fully saturated rings. The predicted molar refractivity (Wildman–Crippen MR) is 87.0 cm³/mol. The Morgan fingerprint density at radius 1 is 1.19 bits per heavy atom. The number of carbonyl (C=O) groups excluding carboxylic acids is 1. The average molecular weight is 283 g/mol. The summed E-state index contributed by atoms with van der Waals surface area (Å²) in [5.41, 5.74) is 4.52. The number of hydrogen-bond donors (Lipinski definition) is 2. The van der Waals surface area contributed by atoms with Crippen molar-refractivity contribution >= 4 is 23.1 Å². The third-order valence-electron chi connectivity index (χ3n) is 3.36. The van der Waals surface area contributed by atoms with Crippen LogP contribution >= 0.6 is 0 Å². The maximum Gasteiger partial charge on any atom is 0.225 e. The summed E-state index contributed by atoms with van der Waals surface area (Å²) >= 11 is 0. The highest BCUT2D eigenvalue weighted by atomic mass is 16.1. The van der Waals surface area contributed by atoms with Crippen LogP contribution in [0.3, 0.4) is 0 Å². The molecule has 0 radical (unpaired) electrons. The van der Waals surface area contributed by atoms with Crippen molar-refractivity contribution in [3.63, 3.8) is 0 Å². The van der Waals surface area contributed by atoms with E-state index in [-0.39, 0.29) is 5.91 Å². The van der Waals surface area contributed by atoms with Gasteiger partial charge < -0.3 is 10.6 Å². The number of aromatic nitrogens is 1. The lowest BCUT2D eigenvalue weighted by Crippen LogP contribution is -2.10. The predicted octanol–water partition coefficient (Wildman–Crippen LogP) is 4.04. The van der Waals surface area contributed by atoms with Crippen LogP contribution in [0.1, 0.15) is 31.4 Å². The molecule has 2 N–H and O–H groups in total. The Hall–Kier alpha value is -2.36. The molecule has 0 saturated heterocycles. The van der Waals surface area contributed by atoms with Gasteiger partial charge in [0.2, 0.25) is 5.91 Å². The van der Waals surface area contributed by atoms with Crippen LogP contribution in [-0.2, 0) is 11.2 Å². The summed E-state index contributed by atoms with van der Waals surface area (Å²) in [6.07, 6.45) is 3.16. The first-order valence-electron chi connectivity index (χ1n) is 7.25. The van der Waals surface area contributed by atoms with E-state index in [4.69, 9.17) is 0 Å². The van der Waals surface area contributed by atoms with Gasteiger partial charge in [-0.2, -0.15) is 0 Å². The number of amides is 1. The van der Waals surface area contributed by atoms with Gasteiger partial charge in [-0.05, 0) is 36.6 Å². The van der Waals surface area contributed by atoms with Crippen molar-refractivity contribution in [2.45, 2.75) is 33.6 Å². The van der Waals surface area contributed by atoms with E-state index in [0.29, 0.717) is 12.2 Å². The zero-order chi connectivity index (χ0) is 15.2. The smallest absolute Gasteiger partial charge is 0.225 e. The molecular formula is C17H21N3O. The molecule has 0 bridgehead atoms. The van der Waals surface area contributed by atoms with Crippen molar-refractivity contribution in [2.24, 2.45) is 0 Å². The maximum absolute atomic E-state index is 11.3. The quantitative estimate of drug-likeness (QED) is 0.870. The van der Waals surface area contributed by atoms with Gasteiger partial charge >= 0.3 is 0 Å². The first kappa shape index (κ1) is 15.0. The molecule has 4 nitrogen and oxygen atoms in total. The summed E-state index contributed by atoms with van der Waals surface area (Å²) in [4.78, 5) is 15.6. The second-order valence-electron chi connectivity index (χ2n) is 4.92. The number of nitrogens with zero attached hydrogens (tertiary/aromatic N) is 1. The number of nitrogens with one attached hydrogen (secondary N) is 2. The Morgan fingerprint density at radius 2 is 2.00 bits per heavy atom. The van der Waals surface area contributed by atoms with Gasteiger partial charge in [-0.1, -0.05) is 32.0 Å². The van der Waals surface area contributed by atoms with Crippen LogP contribution in [-0.4, -0.2) is 10.9 Å². The van der Waals surface area contributed by atoms with E-state index < -0.39 is 0 Å². The van der Waals surface area contributed by atoms with Crippen molar-refractivity contribution in [1.29, 1.82) is 0 Å². The van der Waals surface area contributed by atoms with E-state index in [0.717, 1.165) is 17.8 Å². The molecule has 1 aromatic carbocycles. The summed E-state index contributed by atoms with van der Waals surface area (Å²) in [5.74, 6) is 0.545. The van der Waals surface area contributed by atoms with Crippen molar-refractivity contribution in [3.8, 4) is 0 Å². The molecule has 1 amide bonds. The van der Waals surface area contributed by atoms with Crippen molar-refractivity contribution in [1.82, 2.24) is 4.98 Å². The van der Waals surface area contributed by atoms with Crippen LogP contribution in [0.15, 0.2) is 36.5 Å². The van der Waals surface area contributed by atoms with E-state index in [1.54, 1.807) is 12.3 Å². The topological polar surface area (TPSA) is 54.0 Å². The molecule has 2 rings (SSSR count). The van der Waals surface area contributed by atoms with Crippen molar-refractivity contribution < 1.29 is 4.79 Å². The van der Waals surface area contributed by atoms with Gasteiger partial charge in [-0.15, -0.1) is 0 Å². The molecule has 0 atom stereocenters. The molecule has 0 aliphatic rings. The lowest BCUT2D eigenvalue weighted by atomic mass is 10.1. The van der Waals surface area contributed by atoms with Crippen molar-refractivity contribution in [3.05, 3.63) is 47.7 Å². The third-order valence-corrected chi connectivity index (χ3v) is 3.36. The summed E-state index contributed by atoms with van der Waals surface area (Å²) in [7, 11) is 0. The average Bonchev–Trinajstić information content (AvgIpc) is 2.51. The monoisotopic (exact) mass is 283 g/mol. The fourth-order valence-corrected chi connectivity index (χ4v) is 2.12. The highest BCUT2D eigenvalue weighted by Gasteiger charge is 2.05. The van der Waals surface area contributed by atoms with Crippen LogP contribution in [0.4, 0.5) is 17.2 Å². The van der Waals surface area contributed by atoms with E-state index >= 15 is 0 Å². The summed E-state index contributed by atoms with van der Waals surface area (Å²) in [6.45, 7) is 6.04.